The van der Waals surface area contributed by atoms with Crippen molar-refractivity contribution < 1.29 is 4.39 Å². The molecule has 1 aromatic rings. The van der Waals surface area contributed by atoms with E-state index in [9.17, 15) is 4.39 Å². The predicted molar refractivity (Wildman–Crippen MR) is 41.8 cm³/mol. The second-order valence-corrected chi connectivity index (χ2v) is 3.08. The average molecular weight is 159 g/mol. The summed E-state index contributed by atoms with van der Waals surface area (Å²) >= 11 is 1.58. The molecule has 0 fully saturated rings. The van der Waals surface area contributed by atoms with Crippen LogP contribution < -0.4 is 5.73 Å². The van der Waals surface area contributed by atoms with E-state index in [1.807, 2.05) is 17.5 Å². The quantitative estimate of drug-likeness (QED) is 0.718. The molecule has 0 aliphatic carbocycles. The number of hydrogen-bond acceptors (Lipinski definition) is 2. The molecular weight excluding hydrogens is 149 g/mol. The standard InChI is InChI=1S/C7H10FNS/c8-4-3-6(9)7-2-1-5-10-7/h1-2,5-6H,3-4,9H2/t6-/m1/s1. The zero-order chi connectivity index (χ0) is 7.40. The van der Waals surface area contributed by atoms with E-state index in [1.54, 1.807) is 11.3 Å². The van der Waals surface area contributed by atoms with Crippen LogP contribution >= 0.6 is 11.3 Å². The van der Waals surface area contributed by atoms with Crippen LogP contribution in [0.3, 0.4) is 0 Å². The largest absolute Gasteiger partial charge is 0.323 e. The third kappa shape index (κ3) is 1.78. The smallest absolute Gasteiger partial charge is 0.0912 e. The van der Waals surface area contributed by atoms with Crippen LogP contribution in [0, 0.1) is 0 Å². The lowest BCUT2D eigenvalue weighted by molar-refractivity contribution is 0.444. The Morgan fingerprint density at radius 2 is 2.50 bits per heavy atom. The van der Waals surface area contributed by atoms with E-state index in [0.29, 0.717) is 6.42 Å². The van der Waals surface area contributed by atoms with E-state index in [-0.39, 0.29) is 12.7 Å². The summed E-state index contributed by atoms with van der Waals surface area (Å²) < 4.78 is 11.8. The summed E-state index contributed by atoms with van der Waals surface area (Å²) in [5.41, 5.74) is 5.62. The van der Waals surface area contributed by atoms with Crippen LogP contribution in [0.1, 0.15) is 17.3 Å². The predicted octanol–water partition coefficient (Wildman–Crippen LogP) is 2.11. The number of thiophene rings is 1. The molecule has 0 saturated carbocycles. The van der Waals surface area contributed by atoms with Crippen molar-refractivity contribution in [1.82, 2.24) is 0 Å². The van der Waals surface area contributed by atoms with Gasteiger partial charge in [-0.3, -0.25) is 4.39 Å². The highest BCUT2D eigenvalue weighted by Gasteiger charge is 2.04. The van der Waals surface area contributed by atoms with Crippen LogP contribution in [0.25, 0.3) is 0 Å². The Labute approximate surface area is 63.7 Å². The second-order valence-electron chi connectivity index (χ2n) is 2.10. The Bertz CT molecular complexity index is 174. The molecule has 1 heterocycles. The molecule has 0 aliphatic rings. The molecule has 0 unspecified atom stereocenters. The first-order chi connectivity index (χ1) is 4.84. The van der Waals surface area contributed by atoms with Crippen LogP contribution in [-0.4, -0.2) is 6.67 Å². The van der Waals surface area contributed by atoms with Crippen molar-refractivity contribution in [1.29, 1.82) is 0 Å². The molecule has 0 radical (unpaired) electrons. The summed E-state index contributed by atoms with van der Waals surface area (Å²) in [5.74, 6) is 0. The van der Waals surface area contributed by atoms with Gasteiger partial charge in [-0.05, 0) is 17.9 Å². The number of nitrogens with two attached hydrogens (primary N) is 1. The first-order valence-electron chi connectivity index (χ1n) is 3.19. The van der Waals surface area contributed by atoms with Crippen molar-refractivity contribution in [3.8, 4) is 0 Å². The minimum atomic E-state index is -0.334. The molecule has 56 valence electrons. The molecule has 0 spiro atoms. The highest BCUT2D eigenvalue weighted by atomic mass is 32.1. The van der Waals surface area contributed by atoms with Gasteiger partial charge in [0.05, 0.1) is 6.67 Å². The number of rotatable bonds is 3. The summed E-state index contributed by atoms with van der Waals surface area (Å²) in [7, 11) is 0. The molecule has 0 aliphatic heterocycles. The first kappa shape index (κ1) is 7.69. The Kier molecular flexibility index (Phi) is 2.83. The molecule has 1 nitrogen and oxygen atoms in total. The molecule has 3 heteroatoms. The highest BCUT2D eigenvalue weighted by molar-refractivity contribution is 7.10. The molecule has 10 heavy (non-hydrogen) atoms. The van der Waals surface area contributed by atoms with Gasteiger partial charge in [0.15, 0.2) is 0 Å². The average Bonchev–Trinajstić information content (AvgIpc) is 2.38. The lowest BCUT2D eigenvalue weighted by atomic mass is 10.2. The van der Waals surface area contributed by atoms with Gasteiger partial charge in [0, 0.05) is 10.9 Å². The van der Waals surface area contributed by atoms with Crippen LogP contribution in [-0.2, 0) is 0 Å². The third-order valence-electron chi connectivity index (χ3n) is 1.33. The zero-order valence-electron chi connectivity index (χ0n) is 5.59. The van der Waals surface area contributed by atoms with E-state index in [1.165, 1.54) is 0 Å². The fraction of sp³-hybridized carbons (Fsp3) is 0.429. The van der Waals surface area contributed by atoms with Gasteiger partial charge in [0.1, 0.15) is 0 Å². The van der Waals surface area contributed by atoms with Crippen LogP contribution in [0.5, 0.6) is 0 Å². The lowest BCUT2D eigenvalue weighted by Gasteiger charge is -2.04. The summed E-state index contributed by atoms with van der Waals surface area (Å²) in [6, 6.07) is 3.76. The molecule has 0 saturated heterocycles. The number of alkyl halides is 1. The van der Waals surface area contributed by atoms with Gasteiger partial charge in [-0.25, -0.2) is 0 Å². The van der Waals surface area contributed by atoms with Gasteiger partial charge < -0.3 is 5.73 Å². The highest BCUT2D eigenvalue weighted by Crippen LogP contribution is 2.18. The van der Waals surface area contributed by atoms with Crippen molar-refractivity contribution in [3.63, 3.8) is 0 Å². The maximum atomic E-state index is 11.8. The van der Waals surface area contributed by atoms with Gasteiger partial charge in [0.2, 0.25) is 0 Å². The van der Waals surface area contributed by atoms with Crippen LogP contribution in [0.4, 0.5) is 4.39 Å². The topological polar surface area (TPSA) is 26.0 Å². The molecule has 1 atom stereocenters. The minimum Gasteiger partial charge on any atom is -0.323 e. The Morgan fingerprint density at radius 3 is 3.00 bits per heavy atom. The van der Waals surface area contributed by atoms with Crippen molar-refractivity contribution in [2.24, 2.45) is 5.73 Å². The van der Waals surface area contributed by atoms with Gasteiger partial charge in [0.25, 0.3) is 0 Å². The molecule has 1 aromatic heterocycles. The van der Waals surface area contributed by atoms with E-state index < -0.39 is 0 Å². The number of hydrogen-bond donors (Lipinski definition) is 1. The normalized spacial score (nSPS) is 13.4. The monoisotopic (exact) mass is 159 g/mol. The van der Waals surface area contributed by atoms with Crippen molar-refractivity contribution in [2.75, 3.05) is 6.67 Å². The maximum Gasteiger partial charge on any atom is 0.0912 e. The minimum absolute atomic E-state index is 0.106. The molecular formula is C7H10FNS. The van der Waals surface area contributed by atoms with Crippen LogP contribution in [0.15, 0.2) is 17.5 Å². The first-order valence-corrected chi connectivity index (χ1v) is 4.07. The fourth-order valence-electron chi connectivity index (χ4n) is 0.762. The molecule has 0 amide bonds. The van der Waals surface area contributed by atoms with E-state index in [0.717, 1.165) is 4.88 Å². The van der Waals surface area contributed by atoms with Crippen molar-refractivity contribution in [2.45, 2.75) is 12.5 Å². The van der Waals surface area contributed by atoms with E-state index in [4.69, 9.17) is 5.73 Å². The number of halogens is 1. The fourth-order valence-corrected chi connectivity index (χ4v) is 1.53. The lowest BCUT2D eigenvalue weighted by Crippen LogP contribution is -2.08. The maximum absolute atomic E-state index is 11.8. The second kappa shape index (κ2) is 3.68. The van der Waals surface area contributed by atoms with Gasteiger partial charge >= 0.3 is 0 Å². The Hall–Kier alpha value is -0.410. The summed E-state index contributed by atoms with van der Waals surface area (Å²) in [6.07, 6.45) is 0.431. The Balaban J connectivity index is 2.50. The molecule has 1 rings (SSSR count). The van der Waals surface area contributed by atoms with Gasteiger partial charge in [-0.15, -0.1) is 11.3 Å². The molecule has 0 aromatic carbocycles. The zero-order valence-corrected chi connectivity index (χ0v) is 6.40. The summed E-state index contributed by atoms with van der Waals surface area (Å²) in [6.45, 7) is -0.334. The third-order valence-corrected chi connectivity index (χ3v) is 2.33. The van der Waals surface area contributed by atoms with Crippen molar-refractivity contribution in [3.05, 3.63) is 22.4 Å². The molecule has 2 N–H and O–H groups in total. The summed E-state index contributed by atoms with van der Waals surface area (Å²) in [5, 5.41) is 1.95. The van der Waals surface area contributed by atoms with Gasteiger partial charge in [-0.2, -0.15) is 0 Å². The summed E-state index contributed by atoms with van der Waals surface area (Å²) in [4.78, 5) is 1.07. The Morgan fingerprint density at radius 1 is 1.70 bits per heavy atom. The van der Waals surface area contributed by atoms with Crippen LogP contribution in [0.2, 0.25) is 0 Å². The SMILES string of the molecule is N[C@H](CCF)c1cccs1. The molecule has 0 bridgehead atoms. The van der Waals surface area contributed by atoms with E-state index in [2.05, 4.69) is 0 Å². The van der Waals surface area contributed by atoms with E-state index >= 15 is 0 Å². The van der Waals surface area contributed by atoms with Gasteiger partial charge in [-0.1, -0.05) is 6.07 Å². The van der Waals surface area contributed by atoms with Crippen molar-refractivity contribution >= 4 is 11.3 Å².